The van der Waals surface area contributed by atoms with Crippen molar-refractivity contribution in [2.45, 2.75) is 57.8 Å². The first kappa shape index (κ1) is 23.3. The van der Waals surface area contributed by atoms with Crippen LogP contribution >= 0.6 is 0 Å². The number of amides is 1. The van der Waals surface area contributed by atoms with Gasteiger partial charge in [-0.25, -0.2) is 0 Å². The Kier molecular flexibility index (Phi) is 6.43. The monoisotopic (exact) mass is 472 g/mol. The molecule has 2 atom stereocenters. The lowest BCUT2D eigenvalue weighted by molar-refractivity contribution is -0.146. The standard InChI is InChI=1S/C28H32N4O3/c1-18-11-19(2)32(30-18)16-20-7-6-10-23(12-20)27(33)29-24-15-26(28(34)35-3)31(17-24)25-13-21-8-4-5-9-22(21)14-25/h4-12,24-26H,13-17H2,1-3H3,(H,29,33)/t24-,26+/m1/s1. The number of esters is 1. The Balaban J connectivity index is 1.27. The van der Waals surface area contributed by atoms with E-state index in [2.05, 4.69) is 39.6 Å². The molecule has 3 aromatic rings. The first-order valence-electron chi connectivity index (χ1n) is 12.2. The van der Waals surface area contributed by atoms with Gasteiger partial charge in [-0.1, -0.05) is 36.4 Å². The highest BCUT2D eigenvalue weighted by atomic mass is 16.5. The summed E-state index contributed by atoms with van der Waals surface area (Å²) in [6.45, 7) is 5.26. The number of likely N-dealkylation sites (tertiary alicyclic amines) is 1. The van der Waals surface area contributed by atoms with Gasteiger partial charge in [0.15, 0.2) is 0 Å². The number of nitrogens with one attached hydrogen (secondary N) is 1. The van der Waals surface area contributed by atoms with Crippen molar-refractivity contribution in [2.75, 3.05) is 13.7 Å². The third-order valence-corrected chi connectivity index (χ3v) is 7.27. The second kappa shape index (κ2) is 9.66. The number of rotatable bonds is 6. The predicted octanol–water partition coefficient (Wildman–Crippen LogP) is 3.06. The maximum Gasteiger partial charge on any atom is 0.323 e. The normalized spacial score (nSPS) is 20.1. The Morgan fingerprint density at radius 1 is 1.06 bits per heavy atom. The molecule has 0 spiro atoms. The Labute approximate surface area is 206 Å². The molecule has 0 bridgehead atoms. The summed E-state index contributed by atoms with van der Waals surface area (Å²) in [6.07, 6.45) is 2.38. The van der Waals surface area contributed by atoms with Crippen molar-refractivity contribution in [1.29, 1.82) is 0 Å². The fraction of sp³-hybridized carbons (Fsp3) is 0.393. The number of fused-ring (bicyclic) bond motifs is 1. The second-order valence-corrected chi connectivity index (χ2v) is 9.76. The van der Waals surface area contributed by atoms with Crippen LogP contribution in [0.4, 0.5) is 0 Å². The fourth-order valence-electron chi connectivity index (χ4n) is 5.59. The fourth-order valence-corrected chi connectivity index (χ4v) is 5.59. The largest absolute Gasteiger partial charge is 0.468 e. The van der Waals surface area contributed by atoms with E-state index in [-0.39, 0.29) is 30.0 Å². The molecule has 1 N–H and O–H groups in total. The van der Waals surface area contributed by atoms with Crippen LogP contribution in [0, 0.1) is 13.8 Å². The van der Waals surface area contributed by atoms with Gasteiger partial charge >= 0.3 is 5.97 Å². The van der Waals surface area contributed by atoms with Crippen molar-refractivity contribution in [1.82, 2.24) is 20.0 Å². The maximum atomic E-state index is 13.2. The molecule has 2 heterocycles. The summed E-state index contributed by atoms with van der Waals surface area (Å²) in [5, 5.41) is 7.70. The smallest absolute Gasteiger partial charge is 0.323 e. The van der Waals surface area contributed by atoms with Crippen LogP contribution in [0.2, 0.25) is 0 Å². The summed E-state index contributed by atoms with van der Waals surface area (Å²) in [5.74, 6) is -0.352. The minimum absolute atomic E-state index is 0.116. The van der Waals surface area contributed by atoms with Crippen molar-refractivity contribution in [3.63, 3.8) is 0 Å². The van der Waals surface area contributed by atoms with Gasteiger partial charge in [-0.2, -0.15) is 5.10 Å². The summed E-state index contributed by atoms with van der Waals surface area (Å²) >= 11 is 0. The minimum atomic E-state index is -0.345. The van der Waals surface area contributed by atoms with Crippen LogP contribution in [0.3, 0.4) is 0 Å². The molecule has 7 nitrogen and oxygen atoms in total. The highest BCUT2D eigenvalue weighted by molar-refractivity contribution is 5.94. The number of hydrogen-bond donors (Lipinski definition) is 1. The molecule has 1 fully saturated rings. The molecule has 0 saturated carbocycles. The topological polar surface area (TPSA) is 76.5 Å². The van der Waals surface area contributed by atoms with Gasteiger partial charge in [0.1, 0.15) is 6.04 Å². The number of nitrogens with zero attached hydrogens (tertiary/aromatic N) is 3. The van der Waals surface area contributed by atoms with Gasteiger partial charge in [-0.3, -0.25) is 19.2 Å². The van der Waals surface area contributed by atoms with Gasteiger partial charge in [-0.15, -0.1) is 0 Å². The van der Waals surface area contributed by atoms with Gasteiger partial charge in [0.25, 0.3) is 5.91 Å². The molecule has 1 aliphatic carbocycles. The summed E-state index contributed by atoms with van der Waals surface area (Å²) in [4.78, 5) is 28.0. The molecular formula is C28H32N4O3. The molecule has 182 valence electrons. The summed E-state index contributed by atoms with van der Waals surface area (Å²) in [5.41, 5.74) is 6.39. The van der Waals surface area contributed by atoms with E-state index in [4.69, 9.17) is 4.74 Å². The number of ether oxygens (including phenoxy) is 1. The van der Waals surface area contributed by atoms with Crippen LogP contribution in [-0.4, -0.2) is 58.3 Å². The van der Waals surface area contributed by atoms with Crippen molar-refractivity contribution in [3.8, 4) is 0 Å². The number of aromatic nitrogens is 2. The summed E-state index contributed by atoms with van der Waals surface area (Å²) in [7, 11) is 1.43. The average molecular weight is 473 g/mol. The van der Waals surface area contributed by atoms with E-state index >= 15 is 0 Å². The van der Waals surface area contributed by atoms with Crippen LogP contribution in [0.5, 0.6) is 0 Å². The highest BCUT2D eigenvalue weighted by Gasteiger charge is 2.43. The average Bonchev–Trinajstić information content (AvgIpc) is 3.55. The van der Waals surface area contributed by atoms with E-state index < -0.39 is 0 Å². The van der Waals surface area contributed by atoms with Crippen LogP contribution in [0.1, 0.15) is 44.9 Å². The molecule has 5 rings (SSSR count). The van der Waals surface area contributed by atoms with Crippen molar-refractivity contribution >= 4 is 11.9 Å². The van der Waals surface area contributed by atoms with E-state index in [9.17, 15) is 9.59 Å². The molecule has 2 aliphatic rings. The van der Waals surface area contributed by atoms with E-state index in [1.807, 2.05) is 48.9 Å². The number of carbonyl (C=O) groups excluding carboxylic acids is 2. The molecule has 1 saturated heterocycles. The first-order chi connectivity index (χ1) is 16.9. The van der Waals surface area contributed by atoms with Crippen molar-refractivity contribution in [2.24, 2.45) is 0 Å². The second-order valence-electron chi connectivity index (χ2n) is 9.76. The first-order valence-corrected chi connectivity index (χ1v) is 12.2. The molecule has 0 radical (unpaired) electrons. The zero-order chi connectivity index (χ0) is 24.5. The predicted molar refractivity (Wildman–Crippen MR) is 133 cm³/mol. The lowest BCUT2D eigenvalue weighted by Crippen LogP contribution is -2.45. The van der Waals surface area contributed by atoms with E-state index in [0.717, 1.165) is 29.8 Å². The Morgan fingerprint density at radius 3 is 2.46 bits per heavy atom. The molecule has 1 aromatic heterocycles. The molecule has 1 amide bonds. The number of benzene rings is 2. The molecular weight excluding hydrogens is 440 g/mol. The molecule has 0 unspecified atom stereocenters. The van der Waals surface area contributed by atoms with Crippen molar-refractivity contribution in [3.05, 3.63) is 88.2 Å². The van der Waals surface area contributed by atoms with Gasteiger partial charge < -0.3 is 10.1 Å². The lowest BCUT2D eigenvalue weighted by atomic mass is 10.1. The number of hydrogen-bond acceptors (Lipinski definition) is 5. The van der Waals surface area contributed by atoms with E-state index in [1.54, 1.807) is 0 Å². The Hall–Kier alpha value is -3.45. The third-order valence-electron chi connectivity index (χ3n) is 7.27. The van der Waals surface area contributed by atoms with Gasteiger partial charge in [0.2, 0.25) is 0 Å². The maximum absolute atomic E-state index is 13.2. The number of methoxy groups -OCH3 is 1. The molecule has 35 heavy (non-hydrogen) atoms. The lowest BCUT2D eigenvalue weighted by Gasteiger charge is -2.28. The number of carbonyl (C=O) groups is 2. The van der Waals surface area contributed by atoms with Gasteiger partial charge in [-0.05, 0) is 68.0 Å². The molecule has 2 aromatic carbocycles. The van der Waals surface area contributed by atoms with E-state index in [0.29, 0.717) is 25.1 Å². The van der Waals surface area contributed by atoms with Gasteiger partial charge in [0.05, 0.1) is 19.3 Å². The van der Waals surface area contributed by atoms with Crippen molar-refractivity contribution < 1.29 is 14.3 Å². The zero-order valence-corrected chi connectivity index (χ0v) is 20.5. The van der Waals surface area contributed by atoms with Crippen LogP contribution < -0.4 is 5.32 Å². The summed E-state index contributed by atoms with van der Waals surface area (Å²) < 4.78 is 7.07. The molecule has 1 aliphatic heterocycles. The quantitative estimate of drug-likeness (QED) is 0.558. The van der Waals surface area contributed by atoms with Crippen LogP contribution in [0.25, 0.3) is 0 Å². The Morgan fingerprint density at radius 2 is 1.80 bits per heavy atom. The van der Waals surface area contributed by atoms with E-state index in [1.165, 1.54) is 18.2 Å². The Bertz CT molecular complexity index is 1230. The SMILES string of the molecule is COC(=O)[C@@H]1C[C@@H](NC(=O)c2cccc(Cn3nc(C)cc3C)c2)CN1C1Cc2ccccc2C1. The summed E-state index contributed by atoms with van der Waals surface area (Å²) in [6, 6.07) is 17.9. The van der Waals surface area contributed by atoms with Crippen LogP contribution in [0.15, 0.2) is 54.6 Å². The number of aryl methyl sites for hydroxylation is 2. The highest BCUT2D eigenvalue weighted by Crippen LogP contribution is 2.31. The zero-order valence-electron chi connectivity index (χ0n) is 20.5. The van der Waals surface area contributed by atoms with Gasteiger partial charge in [0, 0.05) is 29.9 Å². The minimum Gasteiger partial charge on any atom is -0.468 e. The molecule has 7 heteroatoms. The van der Waals surface area contributed by atoms with Crippen LogP contribution in [-0.2, 0) is 28.9 Å². The third kappa shape index (κ3) is 4.86.